The van der Waals surface area contributed by atoms with Gasteiger partial charge in [-0.1, -0.05) is 0 Å². The van der Waals surface area contributed by atoms with Gasteiger partial charge in [-0.15, -0.1) is 0 Å². The number of halogens is 3. The van der Waals surface area contributed by atoms with Gasteiger partial charge in [0.15, 0.2) is 0 Å². The second-order valence-electron chi connectivity index (χ2n) is 2.42. The molecule has 2 unspecified atom stereocenters. The summed E-state index contributed by atoms with van der Waals surface area (Å²) in [5, 5.41) is 11.4. The number of carbonyl (C=O) groups is 1. The first kappa shape index (κ1) is 8.16. The molecule has 1 N–H and O–H groups in total. The van der Waals surface area contributed by atoms with E-state index in [4.69, 9.17) is 0 Å². The highest BCUT2D eigenvalue weighted by Gasteiger charge is 2.56. The molecule has 0 spiro atoms. The molecule has 0 aromatic heterocycles. The molecule has 63 valence electrons. The molecule has 1 rings (SSSR count). The fraction of sp³-hybridized carbons (Fsp3) is 0.800. The molecular weight excluding hydrogens is 163 g/mol. The summed E-state index contributed by atoms with van der Waals surface area (Å²) in [7, 11) is 0. The van der Waals surface area contributed by atoms with Crippen molar-refractivity contribution in [1.82, 2.24) is 5.32 Å². The molecule has 3 nitrogen and oxygen atoms in total. The van der Waals surface area contributed by atoms with Gasteiger partial charge in [-0.25, -0.2) is 9.90 Å². The highest BCUT2D eigenvalue weighted by atomic mass is 19.4. The molecule has 0 bridgehead atoms. The quantitative estimate of drug-likeness (QED) is 0.625. The summed E-state index contributed by atoms with van der Waals surface area (Å²) < 4.78 is 35.1. The van der Waals surface area contributed by atoms with Gasteiger partial charge in [0.2, 0.25) is 0 Å². The van der Waals surface area contributed by atoms with Gasteiger partial charge in [0.25, 0.3) is 0 Å². The van der Waals surface area contributed by atoms with Crippen molar-refractivity contribution in [3.05, 3.63) is 0 Å². The molecule has 2 atom stereocenters. The second kappa shape index (κ2) is 2.28. The third-order valence-electron chi connectivity index (χ3n) is 1.51. The van der Waals surface area contributed by atoms with E-state index < -0.39 is 24.2 Å². The molecule has 1 aliphatic rings. The SMILES string of the molecule is [O]C(=O)NC1CC1C(F)(F)F. The highest BCUT2D eigenvalue weighted by Crippen LogP contribution is 2.44. The van der Waals surface area contributed by atoms with Crippen molar-refractivity contribution in [2.45, 2.75) is 18.6 Å². The number of hydrogen-bond acceptors (Lipinski definition) is 1. The van der Waals surface area contributed by atoms with Crippen LogP contribution in [0.2, 0.25) is 0 Å². The maximum atomic E-state index is 11.7. The van der Waals surface area contributed by atoms with Crippen molar-refractivity contribution < 1.29 is 23.1 Å². The lowest BCUT2D eigenvalue weighted by atomic mass is 10.4. The van der Waals surface area contributed by atoms with Gasteiger partial charge < -0.3 is 5.32 Å². The Morgan fingerprint density at radius 3 is 2.27 bits per heavy atom. The Morgan fingerprint density at radius 2 is 2.00 bits per heavy atom. The van der Waals surface area contributed by atoms with Gasteiger partial charge in [0.1, 0.15) is 0 Å². The molecule has 0 aromatic rings. The van der Waals surface area contributed by atoms with Crippen LogP contribution in [0.25, 0.3) is 0 Å². The largest absolute Gasteiger partial charge is 0.450 e. The number of nitrogens with one attached hydrogen (secondary N) is 1. The minimum absolute atomic E-state index is 0.169. The van der Waals surface area contributed by atoms with Gasteiger partial charge in [-0.2, -0.15) is 13.2 Å². The molecule has 0 heterocycles. The third-order valence-corrected chi connectivity index (χ3v) is 1.51. The Hall–Kier alpha value is -0.940. The maximum absolute atomic E-state index is 11.7. The zero-order valence-corrected chi connectivity index (χ0v) is 5.31. The Labute approximate surface area is 60.2 Å². The van der Waals surface area contributed by atoms with E-state index in [0.29, 0.717) is 0 Å². The molecule has 1 saturated carbocycles. The highest BCUT2D eigenvalue weighted by molar-refractivity contribution is 5.65. The van der Waals surface area contributed by atoms with Gasteiger partial charge >= 0.3 is 12.3 Å². The van der Waals surface area contributed by atoms with E-state index in [9.17, 15) is 23.1 Å². The molecule has 1 radical (unpaired) electrons. The van der Waals surface area contributed by atoms with E-state index in [-0.39, 0.29) is 6.42 Å². The van der Waals surface area contributed by atoms with Crippen molar-refractivity contribution in [2.24, 2.45) is 5.92 Å². The van der Waals surface area contributed by atoms with Crippen LogP contribution in [-0.4, -0.2) is 18.3 Å². The first-order chi connectivity index (χ1) is 4.91. The lowest BCUT2D eigenvalue weighted by Crippen LogP contribution is -2.27. The number of alkyl halides is 3. The lowest BCUT2D eigenvalue weighted by molar-refractivity contribution is -0.148. The first-order valence-electron chi connectivity index (χ1n) is 2.95. The van der Waals surface area contributed by atoms with E-state index in [1.807, 2.05) is 0 Å². The second-order valence-corrected chi connectivity index (χ2v) is 2.42. The van der Waals surface area contributed by atoms with Crippen molar-refractivity contribution >= 4 is 6.09 Å². The van der Waals surface area contributed by atoms with Crippen LogP contribution in [0, 0.1) is 5.92 Å². The molecule has 0 saturated heterocycles. The normalized spacial score (nSPS) is 29.7. The fourth-order valence-corrected chi connectivity index (χ4v) is 0.868. The van der Waals surface area contributed by atoms with Gasteiger partial charge in [0, 0.05) is 6.04 Å². The summed E-state index contributed by atoms with van der Waals surface area (Å²) >= 11 is 0. The first-order valence-corrected chi connectivity index (χ1v) is 2.95. The lowest BCUT2D eigenvalue weighted by Gasteiger charge is -2.03. The predicted molar refractivity (Wildman–Crippen MR) is 27.2 cm³/mol. The van der Waals surface area contributed by atoms with Crippen LogP contribution in [0.15, 0.2) is 0 Å². The average Bonchev–Trinajstić information content (AvgIpc) is 2.40. The van der Waals surface area contributed by atoms with E-state index in [1.54, 1.807) is 5.32 Å². The summed E-state index contributed by atoms with van der Waals surface area (Å²) in [5.74, 6) is -1.51. The minimum Gasteiger partial charge on any atom is -0.315 e. The smallest absolute Gasteiger partial charge is 0.315 e. The average molecular weight is 168 g/mol. The van der Waals surface area contributed by atoms with Crippen LogP contribution in [0.4, 0.5) is 18.0 Å². The number of hydrogen-bond donors (Lipinski definition) is 1. The number of rotatable bonds is 1. The van der Waals surface area contributed by atoms with Crippen LogP contribution in [-0.2, 0) is 5.11 Å². The van der Waals surface area contributed by atoms with Crippen molar-refractivity contribution in [3.8, 4) is 0 Å². The van der Waals surface area contributed by atoms with Crippen LogP contribution in [0.3, 0.4) is 0 Å². The minimum atomic E-state index is -4.28. The maximum Gasteiger partial charge on any atom is 0.450 e. The summed E-state index contributed by atoms with van der Waals surface area (Å²) in [4.78, 5) is 9.73. The topological polar surface area (TPSA) is 49.0 Å². The molecule has 0 aliphatic heterocycles. The van der Waals surface area contributed by atoms with Crippen molar-refractivity contribution in [3.63, 3.8) is 0 Å². The van der Waals surface area contributed by atoms with Crippen molar-refractivity contribution in [1.29, 1.82) is 0 Å². The Balaban J connectivity index is 2.32. The zero-order chi connectivity index (χ0) is 8.65. The van der Waals surface area contributed by atoms with E-state index in [0.717, 1.165) is 0 Å². The predicted octanol–water partition coefficient (Wildman–Crippen LogP) is 1.08. The van der Waals surface area contributed by atoms with Gasteiger partial charge in [-0.05, 0) is 6.42 Å². The van der Waals surface area contributed by atoms with Gasteiger partial charge in [0.05, 0.1) is 5.92 Å². The monoisotopic (exact) mass is 168 g/mol. The third kappa shape index (κ3) is 1.99. The van der Waals surface area contributed by atoms with E-state index in [1.165, 1.54) is 0 Å². The van der Waals surface area contributed by atoms with Crippen LogP contribution >= 0.6 is 0 Å². The fourth-order valence-electron chi connectivity index (χ4n) is 0.868. The Morgan fingerprint density at radius 1 is 1.45 bits per heavy atom. The molecule has 0 aromatic carbocycles. The zero-order valence-electron chi connectivity index (χ0n) is 5.31. The molecular formula is C5H5F3NO2. The number of carbonyl (C=O) groups excluding carboxylic acids is 1. The summed E-state index contributed by atoms with van der Waals surface area (Å²) in [6.45, 7) is 0. The summed E-state index contributed by atoms with van der Waals surface area (Å²) in [6.07, 6.45) is -6.10. The molecule has 1 amide bonds. The standard InChI is InChI=1S/C5H5F3NO2/c6-5(7,8)2-1-3(2)9-4(10)11/h2-3,9H,1H2. The molecule has 1 aliphatic carbocycles. The molecule has 1 fully saturated rings. The van der Waals surface area contributed by atoms with E-state index >= 15 is 0 Å². The van der Waals surface area contributed by atoms with Crippen LogP contribution in [0.1, 0.15) is 6.42 Å². The van der Waals surface area contributed by atoms with Gasteiger partial charge in [-0.3, -0.25) is 0 Å². The summed E-state index contributed by atoms with van der Waals surface area (Å²) in [5.41, 5.74) is 0. The Bertz CT molecular complexity index is 179. The van der Waals surface area contributed by atoms with Crippen molar-refractivity contribution in [2.75, 3.05) is 0 Å². The number of amides is 1. The van der Waals surface area contributed by atoms with E-state index in [2.05, 4.69) is 0 Å². The molecule has 6 heteroatoms. The van der Waals surface area contributed by atoms with Crippen LogP contribution in [0.5, 0.6) is 0 Å². The summed E-state index contributed by atoms with van der Waals surface area (Å²) in [6, 6.07) is -0.986. The molecule has 11 heavy (non-hydrogen) atoms. The Kier molecular flexibility index (Phi) is 1.69. The van der Waals surface area contributed by atoms with Crippen LogP contribution < -0.4 is 5.32 Å².